The standard InChI is InChI=1S/C20H15BrN2Se/c1-23-18-11-4-2-9-16(18)20(22-17-10-3-5-12-19(17)23)24-15-8-6-7-14(21)13-15/h2-13H,1H3. The van der Waals surface area contributed by atoms with Crippen molar-refractivity contribution in [2.24, 2.45) is 4.99 Å². The number of para-hydroxylation sites is 3. The minimum atomic E-state index is 0.137. The quantitative estimate of drug-likeness (QED) is 0.529. The number of anilines is 2. The van der Waals surface area contributed by atoms with Crippen LogP contribution in [-0.4, -0.2) is 26.6 Å². The van der Waals surface area contributed by atoms with Gasteiger partial charge in [-0.25, -0.2) is 0 Å². The zero-order valence-corrected chi connectivity index (χ0v) is 16.4. The average molecular weight is 442 g/mol. The topological polar surface area (TPSA) is 15.6 Å². The number of rotatable bonds is 2. The molecule has 0 saturated carbocycles. The van der Waals surface area contributed by atoms with E-state index in [4.69, 9.17) is 4.99 Å². The molecule has 1 aliphatic rings. The molecule has 3 aromatic carbocycles. The van der Waals surface area contributed by atoms with Crippen molar-refractivity contribution in [3.63, 3.8) is 0 Å². The first-order valence-electron chi connectivity index (χ1n) is 7.66. The van der Waals surface area contributed by atoms with E-state index >= 15 is 0 Å². The molecule has 0 fully saturated rings. The fraction of sp³-hybridized carbons (Fsp3) is 0.0500. The molecule has 0 N–H and O–H groups in total. The Bertz CT molecular complexity index is 936. The normalized spacial score (nSPS) is 12.9. The number of benzene rings is 3. The molecule has 3 aromatic rings. The SMILES string of the molecule is CN1c2ccccc2N=C([Se]c2cccc(Br)c2)c2ccccc21. The number of hydrogen-bond donors (Lipinski definition) is 0. The van der Waals surface area contributed by atoms with Gasteiger partial charge in [0.25, 0.3) is 0 Å². The Balaban J connectivity index is 1.88. The first-order chi connectivity index (χ1) is 11.7. The predicted molar refractivity (Wildman–Crippen MR) is 107 cm³/mol. The van der Waals surface area contributed by atoms with E-state index in [1.807, 2.05) is 0 Å². The number of halogens is 1. The van der Waals surface area contributed by atoms with Crippen LogP contribution in [0.4, 0.5) is 17.1 Å². The van der Waals surface area contributed by atoms with E-state index in [0.29, 0.717) is 0 Å². The predicted octanol–water partition coefficient (Wildman–Crippen LogP) is 4.64. The molecule has 4 heteroatoms. The molecular weight excluding hydrogens is 427 g/mol. The molecule has 0 amide bonds. The van der Waals surface area contributed by atoms with Crippen molar-refractivity contribution in [2.75, 3.05) is 11.9 Å². The Morgan fingerprint density at radius 3 is 2.46 bits per heavy atom. The van der Waals surface area contributed by atoms with Crippen molar-refractivity contribution >= 4 is 57.0 Å². The summed E-state index contributed by atoms with van der Waals surface area (Å²) < 4.78 is 3.59. The summed E-state index contributed by atoms with van der Waals surface area (Å²) in [6, 6.07) is 25.4. The molecule has 0 aliphatic carbocycles. The Hall–Kier alpha value is -1.87. The van der Waals surface area contributed by atoms with Gasteiger partial charge in [0, 0.05) is 0 Å². The first-order valence-corrected chi connectivity index (χ1v) is 10.2. The molecule has 0 unspecified atom stereocenters. The van der Waals surface area contributed by atoms with E-state index in [9.17, 15) is 0 Å². The van der Waals surface area contributed by atoms with Crippen LogP contribution in [0.1, 0.15) is 5.56 Å². The molecule has 0 spiro atoms. The third-order valence-corrected chi connectivity index (χ3v) is 6.55. The zero-order valence-electron chi connectivity index (χ0n) is 13.1. The van der Waals surface area contributed by atoms with E-state index in [0.717, 1.165) is 20.5 Å². The molecule has 2 nitrogen and oxygen atoms in total. The Kier molecular flexibility index (Phi) is 4.28. The molecule has 0 bridgehead atoms. The summed E-state index contributed by atoms with van der Waals surface area (Å²) in [5.41, 5.74) is 4.60. The summed E-state index contributed by atoms with van der Waals surface area (Å²) in [7, 11) is 2.11. The van der Waals surface area contributed by atoms with Crippen LogP contribution < -0.4 is 9.36 Å². The summed E-state index contributed by atoms with van der Waals surface area (Å²) >= 11 is 3.71. The molecule has 0 aromatic heterocycles. The van der Waals surface area contributed by atoms with Gasteiger partial charge in [-0.1, -0.05) is 0 Å². The van der Waals surface area contributed by atoms with Gasteiger partial charge in [-0.2, -0.15) is 0 Å². The molecular formula is C20H15BrN2Se. The van der Waals surface area contributed by atoms with E-state index in [-0.39, 0.29) is 15.0 Å². The summed E-state index contributed by atoms with van der Waals surface area (Å²) in [6.07, 6.45) is 0. The Morgan fingerprint density at radius 2 is 1.62 bits per heavy atom. The fourth-order valence-electron chi connectivity index (χ4n) is 2.81. The van der Waals surface area contributed by atoms with Gasteiger partial charge in [-0.05, 0) is 0 Å². The molecule has 118 valence electrons. The van der Waals surface area contributed by atoms with Crippen molar-refractivity contribution < 1.29 is 0 Å². The van der Waals surface area contributed by atoms with Crippen LogP contribution in [0.2, 0.25) is 0 Å². The van der Waals surface area contributed by atoms with Crippen molar-refractivity contribution in [3.8, 4) is 0 Å². The van der Waals surface area contributed by atoms with Crippen molar-refractivity contribution in [2.45, 2.75) is 0 Å². The molecule has 24 heavy (non-hydrogen) atoms. The summed E-state index contributed by atoms with van der Waals surface area (Å²) in [5, 5.41) is 0. The van der Waals surface area contributed by atoms with Gasteiger partial charge in [0.15, 0.2) is 0 Å². The number of aliphatic imine (C=N–C) groups is 1. The summed E-state index contributed by atoms with van der Waals surface area (Å²) in [6.45, 7) is 0. The van der Waals surface area contributed by atoms with E-state index in [1.165, 1.54) is 15.7 Å². The van der Waals surface area contributed by atoms with Gasteiger partial charge in [0.1, 0.15) is 0 Å². The second-order valence-electron chi connectivity index (χ2n) is 5.54. The van der Waals surface area contributed by atoms with Crippen molar-refractivity contribution in [1.82, 2.24) is 0 Å². The van der Waals surface area contributed by atoms with Crippen molar-refractivity contribution in [1.29, 1.82) is 0 Å². The maximum atomic E-state index is 5.04. The Labute approximate surface area is 156 Å². The van der Waals surface area contributed by atoms with Crippen LogP contribution >= 0.6 is 15.9 Å². The minimum absolute atomic E-state index is 0.137. The molecule has 1 heterocycles. The number of fused-ring (bicyclic) bond motifs is 2. The maximum absolute atomic E-state index is 5.04. The second kappa shape index (κ2) is 6.56. The second-order valence-corrected chi connectivity index (χ2v) is 8.69. The van der Waals surface area contributed by atoms with Gasteiger partial charge in [0.05, 0.1) is 0 Å². The molecule has 0 saturated heterocycles. The van der Waals surface area contributed by atoms with Gasteiger partial charge >= 0.3 is 157 Å². The molecule has 1 aliphatic heterocycles. The Morgan fingerprint density at radius 1 is 0.875 bits per heavy atom. The first kappa shape index (κ1) is 15.6. The average Bonchev–Trinajstić information content (AvgIpc) is 2.72. The van der Waals surface area contributed by atoms with Crippen LogP contribution in [0.5, 0.6) is 0 Å². The molecule has 0 atom stereocenters. The third kappa shape index (κ3) is 2.93. The van der Waals surface area contributed by atoms with Gasteiger partial charge in [-0.15, -0.1) is 0 Å². The summed E-state index contributed by atoms with van der Waals surface area (Å²) in [4.78, 5) is 7.28. The molecule has 0 radical (unpaired) electrons. The van der Waals surface area contributed by atoms with E-state index in [2.05, 4.69) is 101 Å². The van der Waals surface area contributed by atoms with Crippen LogP contribution in [-0.2, 0) is 0 Å². The monoisotopic (exact) mass is 442 g/mol. The zero-order chi connectivity index (χ0) is 16.5. The number of hydrogen-bond acceptors (Lipinski definition) is 2. The third-order valence-electron chi connectivity index (χ3n) is 3.97. The van der Waals surface area contributed by atoms with Crippen LogP contribution in [0.25, 0.3) is 0 Å². The summed E-state index contributed by atoms with van der Waals surface area (Å²) in [5.74, 6) is 0. The van der Waals surface area contributed by atoms with E-state index in [1.54, 1.807) is 0 Å². The fourth-order valence-corrected chi connectivity index (χ4v) is 5.61. The van der Waals surface area contributed by atoms with Crippen LogP contribution in [0, 0.1) is 0 Å². The van der Waals surface area contributed by atoms with Crippen LogP contribution in [0.3, 0.4) is 0 Å². The van der Waals surface area contributed by atoms with Crippen LogP contribution in [0.15, 0.2) is 82.3 Å². The van der Waals surface area contributed by atoms with E-state index < -0.39 is 0 Å². The van der Waals surface area contributed by atoms with Crippen molar-refractivity contribution in [3.05, 3.63) is 82.8 Å². The number of nitrogens with zero attached hydrogens (tertiary/aromatic N) is 2. The van der Waals surface area contributed by atoms with Gasteiger partial charge in [-0.3, -0.25) is 0 Å². The molecule has 4 rings (SSSR count). The van der Waals surface area contributed by atoms with Gasteiger partial charge < -0.3 is 0 Å². The van der Waals surface area contributed by atoms with Gasteiger partial charge in [0.2, 0.25) is 0 Å².